The predicted molar refractivity (Wildman–Crippen MR) is 137 cm³/mol. The lowest BCUT2D eigenvalue weighted by Crippen LogP contribution is -2.41. The monoisotopic (exact) mass is 436 g/mol. The highest BCUT2D eigenvalue weighted by Gasteiger charge is 2.51. The highest BCUT2D eigenvalue weighted by atomic mass is 16.7. The second kappa shape index (κ2) is 7.32. The summed E-state index contributed by atoms with van der Waals surface area (Å²) < 4.78 is 12.5. The van der Waals surface area contributed by atoms with Crippen LogP contribution < -0.4 is 5.46 Å². The minimum absolute atomic E-state index is 0.197. The molecule has 1 saturated carbocycles. The molecule has 2 fully saturated rings. The molecule has 0 radical (unpaired) electrons. The lowest BCUT2D eigenvalue weighted by Gasteiger charge is -2.36. The van der Waals surface area contributed by atoms with Crippen molar-refractivity contribution in [2.75, 3.05) is 0 Å². The molecule has 0 N–H and O–H groups in total. The number of hydrogen-bond acceptors (Lipinski definition) is 2. The molecule has 2 nitrogen and oxygen atoms in total. The van der Waals surface area contributed by atoms with Crippen LogP contribution >= 0.6 is 0 Å². The van der Waals surface area contributed by atoms with E-state index in [1.807, 2.05) is 0 Å². The van der Waals surface area contributed by atoms with Crippen LogP contribution in [0.1, 0.15) is 70.9 Å². The SMILES string of the molecule is CC1(C)OB(c2ccc(-c3cccc4c3-c3ccccc3C43CCCCC3)cc2)OC1(C)C. The third-order valence-electron chi connectivity index (χ3n) is 8.75. The predicted octanol–water partition coefficient (Wildman–Crippen LogP) is 6.88. The zero-order valence-corrected chi connectivity index (χ0v) is 20.3. The van der Waals surface area contributed by atoms with Crippen molar-refractivity contribution in [3.63, 3.8) is 0 Å². The Morgan fingerprint density at radius 1 is 0.636 bits per heavy atom. The molecule has 0 unspecified atom stereocenters. The van der Waals surface area contributed by atoms with Gasteiger partial charge >= 0.3 is 7.12 Å². The Kier molecular flexibility index (Phi) is 4.70. The lowest BCUT2D eigenvalue weighted by molar-refractivity contribution is 0.00578. The molecule has 1 aliphatic heterocycles. The molecule has 3 aromatic rings. The van der Waals surface area contributed by atoms with Gasteiger partial charge in [0.05, 0.1) is 11.2 Å². The van der Waals surface area contributed by atoms with Crippen molar-refractivity contribution in [2.45, 2.75) is 76.4 Å². The van der Waals surface area contributed by atoms with Crippen molar-refractivity contribution >= 4 is 12.6 Å². The Hall–Kier alpha value is -2.36. The molecule has 2 aliphatic carbocycles. The lowest BCUT2D eigenvalue weighted by atomic mass is 9.67. The van der Waals surface area contributed by atoms with Gasteiger partial charge in [-0.3, -0.25) is 0 Å². The fourth-order valence-corrected chi connectivity index (χ4v) is 6.24. The van der Waals surface area contributed by atoms with Crippen LogP contribution in [0.15, 0.2) is 66.7 Å². The van der Waals surface area contributed by atoms with E-state index in [0.29, 0.717) is 0 Å². The molecular formula is C30H33BO2. The van der Waals surface area contributed by atoms with Crippen LogP contribution in [-0.2, 0) is 14.7 Å². The van der Waals surface area contributed by atoms with Gasteiger partial charge in [0.1, 0.15) is 0 Å². The van der Waals surface area contributed by atoms with E-state index in [1.54, 1.807) is 5.56 Å². The first-order chi connectivity index (χ1) is 15.8. The Balaban J connectivity index is 1.42. The van der Waals surface area contributed by atoms with E-state index < -0.39 is 0 Å². The molecule has 33 heavy (non-hydrogen) atoms. The zero-order valence-electron chi connectivity index (χ0n) is 20.3. The van der Waals surface area contributed by atoms with Crippen molar-refractivity contribution in [1.82, 2.24) is 0 Å². The van der Waals surface area contributed by atoms with Gasteiger partial charge in [0.2, 0.25) is 0 Å². The van der Waals surface area contributed by atoms with Crippen molar-refractivity contribution in [3.05, 3.63) is 77.9 Å². The molecule has 0 amide bonds. The Labute approximate surface area is 198 Å². The molecule has 0 atom stereocenters. The number of fused-ring (bicyclic) bond motifs is 5. The fourth-order valence-electron chi connectivity index (χ4n) is 6.24. The van der Waals surface area contributed by atoms with E-state index in [2.05, 4.69) is 94.4 Å². The summed E-state index contributed by atoms with van der Waals surface area (Å²) in [4.78, 5) is 0. The molecular weight excluding hydrogens is 403 g/mol. The second-order valence-electron chi connectivity index (χ2n) is 11.1. The summed E-state index contributed by atoms with van der Waals surface area (Å²) in [5.41, 5.74) is 9.17. The normalized spacial score (nSPS) is 21.8. The minimum Gasteiger partial charge on any atom is -0.399 e. The molecule has 0 bridgehead atoms. The van der Waals surface area contributed by atoms with Crippen LogP contribution in [0, 0.1) is 0 Å². The maximum Gasteiger partial charge on any atom is 0.494 e. The van der Waals surface area contributed by atoms with Gasteiger partial charge in [-0.15, -0.1) is 0 Å². The van der Waals surface area contributed by atoms with Gasteiger partial charge in [-0.2, -0.15) is 0 Å². The van der Waals surface area contributed by atoms with Crippen LogP contribution in [0.2, 0.25) is 0 Å². The summed E-state index contributed by atoms with van der Waals surface area (Å²) >= 11 is 0. The molecule has 168 valence electrons. The Morgan fingerprint density at radius 2 is 1.24 bits per heavy atom. The first-order valence-electron chi connectivity index (χ1n) is 12.5. The number of benzene rings is 3. The maximum absolute atomic E-state index is 6.27. The average Bonchev–Trinajstić information content (AvgIpc) is 3.22. The van der Waals surface area contributed by atoms with Crippen LogP contribution in [0.25, 0.3) is 22.3 Å². The quantitative estimate of drug-likeness (QED) is 0.408. The Morgan fingerprint density at radius 3 is 1.94 bits per heavy atom. The van der Waals surface area contributed by atoms with Crippen LogP contribution in [0.4, 0.5) is 0 Å². The molecule has 3 aromatic carbocycles. The highest BCUT2D eigenvalue weighted by molar-refractivity contribution is 6.62. The number of hydrogen-bond donors (Lipinski definition) is 0. The van der Waals surface area contributed by atoms with Gasteiger partial charge in [-0.05, 0) is 79.4 Å². The standard InChI is InChI=1S/C30H33BO2/c1-28(2)29(3,4)33-31(32-28)22-17-15-21(16-18-22)23-12-10-14-26-27(23)24-11-6-7-13-25(24)30(26)19-8-5-9-20-30/h6-7,10-18H,5,8-9,19-20H2,1-4H3. The third kappa shape index (κ3) is 3.09. The summed E-state index contributed by atoms with van der Waals surface area (Å²) in [5, 5.41) is 0. The van der Waals surface area contributed by atoms with Gasteiger partial charge in [0, 0.05) is 5.41 Å². The molecule has 6 rings (SSSR count). The molecule has 1 saturated heterocycles. The second-order valence-corrected chi connectivity index (χ2v) is 11.1. The molecule has 3 heteroatoms. The highest BCUT2D eigenvalue weighted by Crippen LogP contribution is 2.57. The van der Waals surface area contributed by atoms with E-state index >= 15 is 0 Å². The maximum atomic E-state index is 6.27. The van der Waals surface area contributed by atoms with E-state index in [0.717, 1.165) is 5.46 Å². The Bertz CT molecular complexity index is 1190. The summed E-state index contributed by atoms with van der Waals surface area (Å²) in [6.45, 7) is 8.42. The van der Waals surface area contributed by atoms with E-state index in [-0.39, 0.29) is 23.7 Å². The smallest absolute Gasteiger partial charge is 0.399 e. The van der Waals surface area contributed by atoms with Crippen molar-refractivity contribution < 1.29 is 9.31 Å². The van der Waals surface area contributed by atoms with Gasteiger partial charge in [0.25, 0.3) is 0 Å². The van der Waals surface area contributed by atoms with Crippen LogP contribution in [0.3, 0.4) is 0 Å². The zero-order chi connectivity index (χ0) is 22.8. The topological polar surface area (TPSA) is 18.5 Å². The largest absolute Gasteiger partial charge is 0.494 e. The van der Waals surface area contributed by atoms with Crippen molar-refractivity contribution in [1.29, 1.82) is 0 Å². The van der Waals surface area contributed by atoms with Gasteiger partial charge < -0.3 is 9.31 Å². The first-order valence-corrected chi connectivity index (χ1v) is 12.5. The van der Waals surface area contributed by atoms with Crippen LogP contribution in [0.5, 0.6) is 0 Å². The van der Waals surface area contributed by atoms with Crippen molar-refractivity contribution in [2.24, 2.45) is 0 Å². The third-order valence-corrected chi connectivity index (χ3v) is 8.75. The van der Waals surface area contributed by atoms with Gasteiger partial charge in [-0.25, -0.2) is 0 Å². The summed E-state index contributed by atoms with van der Waals surface area (Å²) in [7, 11) is -0.322. The van der Waals surface area contributed by atoms with E-state index in [9.17, 15) is 0 Å². The molecule has 0 aromatic heterocycles. The minimum atomic E-state index is -0.325. The molecule has 1 heterocycles. The average molecular weight is 436 g/mol. The molecule has 1 spiro atoms. The van der Waals surface area contributed by atoms with Crippen LogP contribution in [-0.4, -0.2) is 18.3 Å². The summed E-state index contributed by atoms with van der Waals surface area (Å²) in [5.74, 6) is 0. The number of rotatable bonds is 2. The fraction of sp³-hybridized carbons (Fsp3) is 0.400. The first kappa shape index (κ1) is 21.2. The molecule has 3 aliphatic rings. The van der Waals surface area contributed by atoms with Crippen molar-refractivity contribution in [3.8, 4) is 22.3 Å². The summed E-state index contributed by atoms with van der Waals surface area (Å²) in [6, 6.07) is 24.9. The summed E-state index contributed by atoms with van der Waals surface area (Å²) in [6.07, 6.45) is 6.53. The van der Waals surface area contributed by atoms with Gasteiger partial charge in [-0.1, -0.05) is 86.0 Å². The van der Waals surface area contributed by atoms with Gasteiger partial charge in [0.15, 0.2) is 0 Å². The van der Waals surface area contributed by atoms with E-state index in [4.69, 9.17) is 9.31 Å². The van der Waals surface area contributed by atoms with E-state index in [1.165, 1.54) is 59.9 Å².